The molecule has 0 fully saturated rings. The Labute approximate surface area is 346 Å². The zero-order chi connectivity index (χ0) is 43.7. The van der Waals surface area contributed by atoms with Gasteiger partial charge in [0.1, 0.15) is 34.3 Å². The van der Waals surface area contributed by atoms with Crippen LogP contribution in [-0.4, -0.2) is 42.6 Å². The van der Waals surface area contributed by atoms with Gasteiger partial charge in [0.25, 0.3) is 0 Å². The molecule has 7 nitrogen and oxygen atoms in total. The van der Waals surface area contributed by atoms with Gasteiger partial charge in [0.2, 0.25) is 0 Å². The third-order valence-corrected chi connectivity index (χ3v) is 9.72. The van der Waals surface area contributed by atoms with Crippen molar-refractivity contribution in [1.29, 1.82) is 0 Å². The predicted molar refractivity (Wildman–Crippen MR) is 219 cm³/mol. The van der Waals surface area contributed by atoms with Gasteiger partial charge in [-0.05, 0) is 86.8 Å². The summed E-state index contributed by atoms with van der Waals surface area (Å²) < 4.78 is 89.9. The highest BCUT2D eigenvalue weighted by atomic mass is 35.5. The number of esters is 2. The summed E-state index contributed by atoms with van der Waals surface area (Å²) in [7, 11) is 2.67. The standard InChI is InChI=1S/C22H23F3N2O2.C14H9ClF3N.C9H16O2/c1-4-5-6-17-20(14-7-9-15(23)10-8-14)26-27(22(17,2)21(28)29-3)19-12-11-16(24)13-18(19)25;15-14(9-1-4-11(16)5-2-9)19-8-10-3-6-12(17)7-13(10)18;1-4-5-6-7-8(2)9(10)11-3/h7-13,17H,4-6H2,1-3H3;1-7H,8H2;7H,4-6H2,1-3H3/b;;8-7+. The second-order valence-corrected chi connectivity index (χ2v) is 14.0. The van der Waals surface area contributed by atoms with E-state index in [2.05, 4.69) is 21.8 Å². The molecule has 4 aromatic rings. The predicted octanol–water partition coefficient (Wildman–Crippen LogP) is 11.7. The Bertz CT molecular complexity index is 2110. The van der Waals surface area contributed by atoms with Crippen LogP contribution in [-0.2, 0) is 25.6 Å². The number of hydrogen-bond acceptors (Lipinski definition) is 7. The lowest BCUT2D eigenvalue weighted by atomic mass is 9.77. The Balaban J connectivity index is 0.000000266. The Morgan fingerprint density at radius 3 is 1.90 bits per heavy atom. The van der Waals surface area contributed by atoms with Gasteiger partial charge in [-0.25, -0.2) is 40.9 Å². The third kappa shape index (κ3) is 13.3. The highest BCUT2D eigenvalue weighted by Crippen LogP contribution is 2.43. The molecule has 0 radical (unpaired) electrons. The molecule has 0 saturated heterocycles. The van der Waals surface area contributed by atoms with Gasteiger partial charge in [0, 0.05) is 34.8 Å². The van der Waals surface area contributed by atoms with E-state index in [4.69, 9.17) is 16.3 Å². The van der Waals surface area contributed by atoms with E-state index in [0.717, 1.165) is 56.4 Å². The Hall–Kier alpha value is -5.43. The van der Waals surface area contributed by atoms with Crippen molar-refractivity contribution in [3.8, 4) is 0 Å². The topological polar surface area (TPSA) is 80.6 Å². The second-order valence-electron chi connectivity index (χ2n) is 13.6. The number of hydrogen-bond donors (Lipinski definition) is 0. The summed E-state index contributed by atoms with van der Waals surface area (Å²) >= 11 is 5.92. The Kier molecular flexibility index (Phi) is 18.9. The number of carbonyl (C=O) groups excluding carboxylic acids is 2. The molecule has 0 amide bonds. The first-order valence-corrected chi connectivity index (χ1v) is 19.3. The zero-order valence-electron chi connectivity index (χ0n) is 33.8. The minimum Gasteiger partial charge on any atom is -0.467 e. The van der Waals surface area contributed by atoms with Crippen molar-refractivity contribution in [3.63, 3.8) is 0 Å². The molecule has 0 saturated carbocycles. The maximum Gasteiger partial charge on any atom is 0.334 e. The quantitative estimate of drug-likeness (QED) is 0.0440. The van der Waals surface area contributed by atoms with Gasteiger partial charge < -0.3 is 9.47 Å². The van der Waals surface area contributed by atoms with E-state index in [0.29, 0.717) is 28.8 Å². The van der Waals surface area contributed by atoms with E-state index >= 15 is 0 Å². The summed E-state index contributed by atoms with van der Waals surface area (Å²) in [5.41, 5.74) is 1.28. The summed E-state index contributed by atoms with van der Waals surface area (Å²) in [5, 5.41) is 5.98. The van der Waals surface area contributed by atoms with Crippen molar-refractivity contribution in [2.24, 2.45) is 16.0 Å². The van der Waals surface area contributed by atoms with Crippen molar-refractivity contribution >= 4 is 40.1 Å². The number of allylic oxidation sites excluding steroid dienone is 1. The molecule has 1 heterocycles. The number of anilines is 1. The lowest BCUT2D eigenvalue weighted by Gasteiger charge is -2.36. The number of benzene rings is 4. The number of methoxy groups -OCH3 is 2. The monoisotopic (exact) mass is 843 g/mol. The Morgan fingerprint density at radius 2 is 1.36 bits per heavy atom. The zero-order valence-corrected chi connectivity index (χ0v) is 34.6. The number of nitrogens with zero attached hydrogens (tertiary/aromatic N) is 3. The van der Waals surface area contributed by atoms with E-state index < -0.39 is 46.5 Å². The van der Waals surface area contributed by atoms with Crippen molar-refractivity contribution in [3.05, 3.63) is 148 Å². The van der Waals surface area contributed by atoms with Crippen LogP contribution in [0.4, 0.5) is 32.0 Å². The molecule has 0 bridgehead atoms. The molecule has 5 rings (SSSR count). The molecular formula is C45H48ClF6N3O4. The molecule has 2 unspecified atom stereocenters. The van der Waals surface area contributed by atoms with Crippen LogP contribution in [0.3, 0.4) is 0 Å². The molecule has 316 valence electrons. The summed E-state index contributed by atoms with van der Waals surface area (Å²) in [6.07, 6.45) is 7.47. The van der Waals surface area contributed by atoms with Gasteiger partial charge in [-0.15, -0.1) is 0 Å². The Morgan fingerprint density at radius 1 is 0.797 bits per heavy atom. The molecule has 0 aromatic heterocycles. The van der Waals surface area contributed by atoms with Crippen molar-refractivity contribution in [2.45, 2.75) is 78.3 Å². The number of aliphatic imine (C=N–C) groups is 1. The SMILES string of the molecule is CCCC/C=C(\C)C(=O)OC.CCCCC1C(c2ccc(F)cc2)=NN(c2ccc(F)cc2F)C1(C)C(=O)OC.Fc1ccc(C(Cl)=NCc2ccc(F)cc2F)cc1. The van der Waals surface area contributed by atoms with E-state index in [9.17, 15) is 35.9 Å². The highest BCUT2D eigenvalue weighted by molar-refractivity contribution is 6.69. The first-order valence-electron chi connectivity index (χ1n) is 18.9. The lowest BCUT2D eigenvalue weighted by Crippen LogP contribution is -2.54. The maximum absolute atomic E-state index is 14.6. The number of unbranched alkanes of at least 4 members (excludes halogenated alkanes) is 3. The number of ether oxygens (including phenoxy) is 2. The van der Waals surface area contributed by atoms with Crippen molar-refractivity contribution in [2.75, 3.05) is 19.2 Å². The van der Waals surface area contributed by atoms with Gasteiger partial charge in [-0.2, -0.15) is 5.10 Å². The van der Waals surface area contributed by atoms with Crippen LogP contribution in [0, 0.1) is 40.8 Å². The summed E-state index contributed by atoms with van der Waals surface area (Å²) in [6, 6.07) is 17.6. The smallest absolute Gasteiger partial charge is 0.334 e. The van der Waals surface area contributed by atoms with E-state index in [1.807, 2.05) is 13.0 Å². The van der Waals surface area contributed by atoms with Gasteiger partial charge in [0.05, 0.1) is 32.2 Å². The van der Waals surface area contributed by atoms with Crippen LogP contribution in [0.5, 0.6) is 0 Å². The van der Waals surface area contributed by atoms with Crippen LogP contribution in [0.15, 0.2) is 107 Å². The maximum atomic E-state index is 14.6. The largest absolute Gasteiger partial charge is 0.467 e. The van der Waals surface area contributed by atoms with Crippen molar-refractivity contribution < 1.29 is 45.4 Å². The normalized spacial score (nSPS) is 16.3. The molecule has 2 atom stereocenters. The first-order chi connectivity index (χ1) is 28.1. The van der Waals surface area contributed by atoms with E-state index in [1.54, 1.807) is 26.0 Å². The fraction of sp³-hybridized carbons (Fsp3) is 0.333. The van der Waals surface area contributed by atoms with Gasteiger partial charge in [-0.3, -0.25) is 4.99 Å². The van der Waals surface area contributed by atoms with Gasteiger partial charge >= 0.3 is 11.9 Å². The fourth-order valence-corrected chi connectivity index (χ4v) is 6.23. The average molecular weight is 844 g/mol. The molecule has 4 aromatic carbocycles. The van der Waals surface area contributed by atoms with Crippen LogP contribution >= 0.6 is 11.6 Å². The minimum absolute atomic E-state index is 0.0116. The van der Waals surface area contributed by atoms with Crippen LogP contribution in [0.1, 0.15) is 82.9 Å². The number of hydrazone groups is 1. The van der Waals surface area contributed by atoms with E-state index in [-0.39, 0.29) is 34.8 Å². The third-order valence-electron chi connectivity index (χ3n) is 9.38. The summed E-state index contributed by atoms with van der Waals surface area (Å²) in [5.74, 6) is -4.88. The minimum atomic E-state index is -1.34. The van der Waals surface area contributed by atoms with Gasteiger partial charge in [-0.1, -0.05) is 75.4 Å². The molecule has 0 spiro atoms. The summed E-state index contributed by atoms with van der Waals surface area (Å²) in [6.45, 7) is 7.56. The van der Waals surface area contributed by atoms with Crippen molar-refractivity contribution in [1.82, 2.24) is 0 Å². The molecule has 14 heteroatoms. The summed E-state index contributed by atoms with van der Waals surface area (Å²) in [4.78, 5) is 27.7. The molecule has 1 aliphatic heterocycles. The van der Waals surface area contributed by atoms with Gasteiger partial charge in [0.15, 0.2) is 11.4 Å². The molecule has 0 N–H and O–H groups in total. The highest BCUT2D eigenvalue weighted by Gasteiger charge is 2.55. The van der Waals surface area contributed by atoms with E-state index in [1.165, 1.54) is 67.8 Å². The molecule has 1 aliphatic rings. The molecular weight excluding hydrogens is 796 g/mol. The van der Waals surface area contributed by atoms with Crippen LogP contribution < -0.4 is 5.01 Å². The first kappa shape index (κ1) is 47.9. The van der Waals surface area contributed by atoms with Crippen LogP contribution in [0.2, 0.25) is 0 Å². The van der Waals surface area contributed by atoms with Crippen LogP contribution in [0.25, 0.3) is 0 Å². The number of carbonyl (C=O) groups is 2. The fourth-order valence-electron chi connectivity index (χ4n) is 6.04. The lowest BCUT2D eigenvalue weighted by molar-refractivity contribution is -0.147. The molecule has 59 heavy (non-hydrogen) atoms. The average Bonchev–Trinajstić information content (AvgIpc) is 3.51. The second kappa shape index (κ2) is 23.2. The molecule has 0 aliphatic carbocycles. The number of halogens is 7. The number of rotatable bonds is 13.